The van der Waals surface area contributed by atoms with Crippen molar-refractivity contribution in [3.8, 4) is 0 Å². The number of hydrogen-bond acceptors (Lipinski definition) is 6. The maximum absolute atomic E-state index is 6.78. The summed E-state index contributed by atoms with van der Waals surface area (Å²) in [5.41, 5.74) is 25.0. The molecule has 0 saturated carbocycles. The van der Waals surface area contributed by atoms with Crippen LogP contribution in [0.1, 0.15) is 52.7 Å². The van der Waals surface area contributed by atoms with Crippen LogP contribution in [-0.2, 0) is 10.8 Å². The van der Waals surface area contributed by atoms with E-state index in [2.05, 4.69) is 220 Å². The molecule has 0 amide bonds. The van der Waals surface area contributed by atoms with Gasteiger partial charge in [0.2, 0.25) is 0 Å². The van der Waals surface area contributed by atoms with Crippen molar-refractivity contribution in [1.29, 1.82) is 0 Å². The van der Waals surface area contributed by atoms with E-state index >= 15 is 0 Å². The predicted octanol–water partition coefficient (Wildman–Crippen LogP) is 13.2. The van der Waals surface area contributed by atoms with E-state index in [1.807, 2.05) is 11.8 Å². The summed E-state index contributed by atoms with van der Waals surface area (Å²) < 4.78 is 13.6. The minimum absolute atomic E-state index is 0.0688. The fourth-order valence-electron chi connectivity index (χ4n) is 12.8. The fraction of sp³-hybridized carbons (Fsp3) is 0.129. The molecule has 5 nitrogen and oxygen atoms in total. The second-order valence-corrected chi connectivity index (χ2v) is 23.2. The van der Waals surface area contributed by atoms with Crippen molar-refractivity contribution in [2.45, 2.75) is 62.2 Å². The summed E-state index contributed by atoms with van der Waals surface area (Å²) in [7, 11) is 0. The molecule has 0 radical (unpaired) electrons. The summed E-state index contributed by atoms with van der Waals surface area (Å²) in [4.78, 5) is 10.5. The molecule has 7 heterocycles. The number of nitrogens with zero attached hydrogens (tertiary/aromatic N) is 3. The van der Waals surface area contributed by atoms with Gasteiger partial charge < -0.3 is 23.5 Å². The first-order valence-electron chi connectivity index (χ1n) is 24.6. The van der Waals surface area contributed by atoms with Gasteiger partial charge in [0.1, 0.15) is 22.3 Å². The highest BCUT2D eigenvalue weighted by molar-refractivity contribution is 7.99. The average Bonchev–Trinajstić information content (AvgIpc) is 3.92. The van der Waals surface area contributed by atoms with Gasteiger partial charge in [0, 0.05) is 83.3 Å². The molecule has 2 aromatic heterocycles. The minimum Gasteiger partial charge on any atom is -0.456 e. The van der Waals surface area contributed by atoms with Crippen LogP contribution >= 0.6 is 11.8 Å². The molecule has 11 aromatic rings. The third-order valence-electron chi connectivity index (χ3n) is 16.0. The number of anilines is 9. The van der Waals surface area contributed by atoms with Gasteiger partial charge in [-0.3, -0.25) is 0 Å². The Kier molecular flexibility index (Phi) is 7.41. The largest absolute Gasteiger partial charge is 0.456 e. The zero-order chi connectivity index (χ0) is 46.7. The highest BCUT2D eigenvalue weighted by Crippen LogP contribution is 2.58. The molecule has 16 rings (SSSR count). The summed E-state index contributed by atoms with van der Waals surface area (Å²) in [6, 6.07) is 61.4. The molecule has 0 atom stereocenters. The van der Waals surface area contributed by atoms with Gasteiger partial charge in [-0.15, -0.1) is 0 Å². The molecule has 5 aliphatic heterocycles. The quantitative estimate of drug-likeness (QED) is 0.161. The molecule has 0 unspecified atom stereocenters. The Labute approximate surface area is 411 Å². The van der Waals surface area contributed by atoms with Gasteiger partial charge in [0.25, 0.3) is 13.4 Å². The number of benzene rings is 9. The van der Waals surface area contributed by atoms with Crippen molar-refractivity contribution in [2.24, 2.45) is 0 Å². The number of furan rings is 2. The maximum Gasteiger partial charge on any atom is 0.252 e. The normalized spacial score (nSPS) is 14.8. The molecule has 0 fully saturated rings. The summed E-state index contributed by atoms with van der Waals surface area (Å²) in [6.07, 6.45) is 0. The molecule has 0 spiro atoms. The fourth-order valence-corrected chi connectivity index (χ4v) is 14.1. The monoisotopic (exact) mass is 917 g/mol. The summed E-state index contributed by atoms with van der Waals surface area (Å²) in [5, 5.41) is 4.58. The lowest BCUT2D eigenvalue weighted by atomic mass is 9.28. The van der Waals surface area contributed by atoms with Crippen LogP contribution in [0.3, 0.4) is 0 Å². The van der Waals surface area contributed by atoms with E-state index in [4.69, 9.17) is 8.83 Å². The number of para-hydroxylation sites is 4. The zero-order valence-corrected chi connectivity index (χ0v) is 40.6. The van der Waals surface area contributed by atoms with Crippen LogP contribution < -0.4 is 47.5 Å². The lowest BCUT2D eigenvalue weighted by molar-refractivity contribution is 0.589. The van der Waals surface area contributed by atoms with Crippen LogP contribution in [0.25, 0.3) is 43.9 Å². The molecule has 8 heteroatoms. The van der Waals surface area contributed by atoms with Crippen LogP contribution in [-0.4, -0.2) is 13.4 Å². The first-order valence-corrected chi connectivity index (χ1v) is 25.5. The van der Waals surface area contributed by atoms with Crippen LogP contribution in [0.5, 0.6) is 0 Å². The molecule has 5 aliphatic rings. The van der Waals surface area contributed by atoms with E-state index < -0.39 is 0 Å². The van der Waals surface area contributed by atoms with Gasteiger partial charge in [-0.1, -0.05) is 150 Å². The molecule has 9 aromatic carbocycles. The van der Waals surface area contributed by atoms with Crippen molar-refractivity contribution < 1.29 is 8.83 Å². The smallest absolute Gasteiger partial charge is 0.252 e. The minimum atomic E-state index is -0.0858. The number of hydrogen-bond donors (Lipinski definition) is 0. The van der Waals surface area contributed by atoms with Gasteiger partial charge >= 0.3 is 0 Å². The first-order chi connectivity index (χ1) is 34.0. The van der Waals surface area contributed by atoms with Crippen molar-refractivity contribution >= 4 is 153 Å². The Morgan fingerprint density at radius 2 is 0.800 bits per heavy atom. The molecule has 0 aliphatic carbocycles. The lowest BCUT2D eigenvalue weighted by Gasteiger charge is -2.53. The summed E-state index contributed by atoms with van der Waals surface area (Å²) >= 11 is 1.97. The van der Waals surface area contributed by atoms with Crippen LogP contribution in [0, 0.1) is 0 Å². The van der Waals surface area contributed by atoms with E-state index in [-0.39, 0.29) is 24.3 Å². The Morgan fingerprint density at radius 3 is 1.24 bits per heavy atom. The van der Waals surface area contributed by atoms with Crippen molar-refractivity contribution in [1.82, 2.24) is 0 Å². The van der Waals surface area contributed by atoms with E-state index in [1.54, 1.807) is 0 Å². The van der Waals surface area contributed by atoms with Crippen LogP contribution in [0.2, 0.25) is 0 Å². The molecule has 0 saturated heterocycles. The maximum atomic E-state index is 6.78. The Hall–Kier alpha value is -7.54. The highest BCUT2D eigenvalue weighted by Gasteiger charge is 2.54. The summed E-state index contributed by atoms with van der Waals surface area (Å²) in [6.45, 7) is 14.1. The van der Waals surface area contributed by atoms with Gasteiger partial charge in [0.15, 0.2) is 0 Å². The topological polar surface area (TPSA) is 36.0 Å². The third-order valence-corrected chi connectivity index (χ3v) is 17.1. The van der Waals surface area contributed by atoms with Gasteiger partial charge in [-0.25, -0.2) is 0 Å². The molecular formula is C62H45B2N3O2S. The van der Waals surface area contributed by atoms with Crippen molar-refractivity contribution in [2.75, 3.05) is 14.7 Å². The Morgan fingerprint density at radius 1 is 0.371 bits per heavy atom. The van der Waals surface area contributed by atoms with E-state index in [1.165, 1.54) is 82.1 Å². The molecule has 0 bridgehead atoms. The van der Waals surface area contributed by atoms with E-state index in [0.717, 1.165) is 66.6 Å². The van der Waals surface area contributed by atoms with Crippen LogP contribution in [0.4, 0.5) is 51.2 Å². The standard InChI is InChI=1S/C62H45B2N3O2S/c1-61(2,3)34-25-44-58-54(27-34)70-55-28-35(62(4,5)6)26-45-59(55)67(58)60-56-48(65(36-17-9-7-10-18-36)46-32-52-40(29-42(46)63(44)56)38-21-13-15-23-50(38)68-52)31-49-57(60)64(45)43-30-41-39-22-14-16-24-51(39)69-53(41)33-47(43)66(49)37-19-11-8-12-20-37/h7-33H,1-6H3. The van der Waals surface area contributed by atoms with E-state index in [9.17, 15) is 0 Å². The highest BCUT2D eigenvalue weighted by atomic mass is 32.2. The number of rotatable bonds is 2. The summed E-state index contributed by atoms with van der Waals surface area (Å²) in [5.74, 6) is 0. The Bertz CT molecular complexity index is 3900. The average molecular weight is 918 g/mol. The third kappa shape index (κ3) is 5.01. The molecule has 70 heavy (non-hydrogen) atoms. The zero-order valence-electron chi connectivity index (χ0n) is 39.8. The second-order valence-electron chi connectivity index (χ2n) is 22.1. The van der Waals surface area contributed by atoms with Crippen LogP contribution in [0.15, 0.2) is 182 Å². The first kappa shape index (κ1) is 39.3. The SMILES string of the molecule is CC(C)(C)c1cc2c3c(c1)B1c4cc5c(cc4N(c4ccccc4)c4cc6c7c(c41)N3c1c(cc(C(C)(C)C)cc1B7c1cc3c(cc1N6c1ccccc1)oc1ccccc13)S2)oc1ccccc15. The Balaban J connectivity index is 1.12. The molecule has 332 valence electrons. The molecule has 0 N–H and O–H groups in total. The predicted molar refractivity (Wildman–Crippen MR) is 296 cm³/mol. The van der Waals surface area contributed by atoms with Gasteiger partial charge in [0.05, 0.1) is 11.4 Å². The molecular weight excluding hydrogens is 872 g/mol. The van der Waals surface area contributed by atoms with Gasteiger partial charge in [-0.2, -0.15) is 0 Å². The second kappa shape index (κ2) is 13.2. The van der Waals surface area contributed by atoms with Crippen molar-refractivity contribution in [3.63, 3.8) is 0 Å². The van der Waals surface area contributed by atoms with E-state index in [0.29, 0.717) is 0 Å². The lowest BCUT2D eigenvalue weighted by Crippen LogP contribution is -2.69. The number of fused-ring (bicyclic) bond motifs is 12. The van der Waals surface area contributed by atoms with Crippen molar-refractivity contribution in [3.05, 3.63) is 175 Å². The van der Waals surface area contributed by atoms with Gasteiger partial charge in [-0.05, 0) is 109 Å².